The van der Waals surface area contributed by atoms with E-state index < -0.39 is 10.0 Å². The van der Waals surface area contributed by atoms with Crippen LogP contribution < -0.4 is 10.1 Å². The lowest BCUT2D eigenvalue weighted by Gasteiger charge is -2.23. The molecule has 0 bridgehead atoms. The number of hydrogen-bond acceptors (Lipinski definition) is 4. The van der Waals surface area contributed by atoms with Crippen molar-refractivity contribution in [1.82, 2.24) is 9.62 Å². The van der Waals surface area contributed by atoms with Gasteiger partial charge in [0.15, 0.2) is 0 Å². The highest BCUT2D eigenvalue weighted by molar-refractivity contribution is 7.89. The van der Waals surface area contributed by atoms with Crippen LogP contribution in [0, 0.1) is 6.92 Å². The number of carbonyl (C=O) groups excluding carboxylic acids is 1. The number of rotatable bonds is 8. The third-order valence-corrected chi connectivity index (χ3v) is 5.65. The number of hydrogen-bond donors (Lipinski definition) is 1. The zero-order valence-corrected chi connectivity index (χ0v) is 16.0. The molecule has 0 heterocycles. The minimum absolute atomic E-state index is 0.0558. The van der Waals surface area contributed by atoms with E-state index in [9.17, 15) is 13.2 Å². The average molecular weight is 376 g/mol. The molecule has 2 aromatic rings. The van der Waals surface area contributed by atoms with E-state index in [1.165, 1.54) is 11.4 Å². The van der Waals surface area contributed by atoms with Gasteiger partial charge in [0.1, 0.15) is 10.6 Å². The molecule has 0 atom stereocenters. The number of nitrogens with zero attached hydrogens (tertiary/aromatic N) is 1. The van der Waals surface area contributed by atoms with Crippen molar-refractivity contribution in [2.24, 2.45) is 0 Å². The van der Waals surface area contributed by atoms with Crippen LogP contribution in [0.3, 0.4) is 0 Å². The topological polar surface area (TPSA) is 75.7 Å². The molecule has 0 aliphatic heterocycles. The summed E-state index contributed by atoms with van der Waals surface area (Å²) in [4.78, 5) is 12.2. The fourth-order valence-electron chi connectivity index (χ4n) is 2.55. The van der Waals surface area contributed by atoms with Gasteiger partial charge >= 0.3 is 0 Å². The van der Waals surface area contributed by atoms with Gasteiger partial charge in [-0.3, -0.25) is 4.79 Å². The van der Waals surface area contributed by atoms with Crippen molar-refractivity contribution < 1.29 is 17.9 Å². The van der Waals surface area contributed by atoms with E-state index in [-0.39, 0.29) is 29.6 Å². The van der Waals surface area contributed by atoms with Crippen molar-refractivity contribution in [1.29, 1.82) is 0 Å². The quantitative estimate of drug-likeness (QED) is 0.767. The molecule has 1 amide bonds. The average Bonchev–Trinajstić information content (AvgIpc) is 2.62. The number of methoxy groups -OCH3 is 1. The second kappa shape index (κ2) is 8.82. The molecule has 0 aliphatic carbocycles. The molecule has 0 unspecified atom stereocenters. The van der Waals surface area contributed by atoms with Crippen molar-refractivity contribution >= 4 is 15.9 Å². The van der Waals surface area contributed by atoms with Gasteiger partial charge in [-0.05, 0) is 37.1 Å². The Bertz CT molecular complexity index is 851. The Morgan fingerprint density at radius 2 is 1.85 bits per heavy atom. The van der Waals surface area contributed by atoms with Gasteiger partial charge in [0, 0.05) is 13.1 Å². The van der Waals surface area contributed by atoms with Crippen LogP contribution in [0.1, 0.15) is 18.1 Å². The summed E-state index contributed by atoms with van der Waals surface area (Å²) in [5, 5.41) is 2.65. The highest BCUT2D eigenvalue weighted by Gasteiger charge is 2.29. The third-order valence-electron chi connectivity index (χ3n) is 3.83. The van der Waals surface area contributed by atoms with Crippen molar-refractivity contribution in [3.63, 3.8) is 0 Å². The Labute approximate surface area is 154 Å². The molecule has 7 heteroatoms. The summed E-state index contributed by atoms with van der Waals surface area (Å²) in [7, 11) is -2.50. The SMILES string of the molecule is CCNC(=O)CN(Cc1ccccc1)S(=O)(=O)c1cc(C)ccc1OC. The summed E-state index contributed by atoms with van der Waals surface area (Å²) in [5.74, 6) is -0.0943. The standard InChI is InChI=1S/C19H24N2O4S/c1-4-20-19(22)14-21(13-16-8-6-5-7-9-16)26(23,24)18-12-15(2)10-11-17(18)25-3/h5-12H,4,13-14H2,1-3H3,(H,20,22). The van der Waals surface area contributed by atoms with Crippen LogP contribution >= 0.6 is 0 Å². The van der Waals surface area contributed by atoms with Crippen LogP contribution in [-0.2, 0) is 21.4 Å². The van der Waals surface area contributed by atoms with E-state index in [2.05, 4.69) is 5.32 Å². The lowest BCUT2D eigenvalue weighted by molar-refractivity contribution is -0.121. The van der Waals surface area contributed by atoms with Crippen LogP contribution in [0.25, 0.3) is 0 Å². The summed E-state index contributed by atoms with van der Waals surface area (Å²) in [6, 6.07) is 14.1. The first-order valence-electron chi connectivity index (χ1n) is 8.34. The molecule has 6 nitrogen and oxygen atoms in total. The molecule has 26 heavy (non-hydrogen) atoms. The van der Waals surface area contributed by atoms with Gasteiger partial charge in [0.2, 0.25) is 15.9 Å². The van der Waals surface area contributed by atoms with E-state index >= 15 is 0 Å². The Morgan fingerprint density at radius 1 is 1.15 bits per heavy atom. The molecule has 0 fully saturated rings. The van der Waals surface area contributed by atoms with Crippen molar-refractivity contribution in [3.8, 4) is 5.75 Å². The second-order valence-electron chi connectivity index (χ2n) is 5.87. The molecule has 0 aliphatic rings. The first-order valence-corrected chi connectivity index (χ1v) is 9.78. The van der Waals surface area contributed by atoms with Gasteiger partial charge in [0.25, 0.3) is 0 Å². The fourth-order valence-corrected chi connectivity index (χ4v) is 4.18. The summed E-state index contributed by atoms with van der Waals surface area (Å²) in [5.41, 5.74) is 1.59. The molecule has 2 rings (SSSR count). The number of carbonyl (C=O) groups is 1. The smallest absolute Gasteiger partial charge is 0.247 e. The van der Waals surface area contributed by atoms with E-state index in [4.69, 9.17) is 4.74 Å². The highest BCUT2D eigenvalue weighted by Crippen LogP contribution is 2.28. The van der Waals surface area contributed by atoms with Crippen LogP contribution in [-0.4, -0.2) is 38.8 Å². The van der Waals surface area contributed by atoms with Gasteiger partial charge < -0.3 is 10.1 Å². The largest absolute Gasteiger partial charge is 0.495 e. The molecule has 0 saturated carbocycles. The molecule has 140 valence electrons. The minimum atomic E-state index is -3.93. The van der Waals surface area contributed by atoms with Crippen molar-refractivity contribution in [2.45, 2.75) is 25.3 Å². The second-order valence-corrected chi connectivity index (χ2v) is 7.77. The number of benzene rings is 2. The van der Waals surface area contributed by atoms with Gasteiger partial charge in [-0.25, -0.2) is 8.42 Å². The maximum atomic E-state index is 13.3. The highest BCUT2D eigenvalue weighted by atomic mass is 32.2. The van der Waals surface area contributed by atoms with E-state index in [1.807, 2.05) is 37.3 Å². The zero-order chi connectivity index (χ0) is 19.2. The van der Waals surface area contributed by atoms with Gasteiger partial charge in [0.05, 0.1) is 13.7 Å². The zero-order valence-electron chi connectivity index (χ0n) is 15.2. The number of sulfonamides is 1. The van der Waals surface area contributed by atoms with Crippen LogP contribution in [0.5, 0.6) is 5.75 Å². The van der Waals surface area contributed by atoms with Crippen molar-refractivity contribution in [3.05, 3.63) is 59.7 Å². The van der Waals surface area contributed by atoms with Gasteiger partial charge in [-0.1, -0.05) is 36.4 Å². The van der Waals surface area contributed by atoms with Gasteiger partial charge in [-0.2, -0.15) is 4.31 Å². The molecular weight excluding hydrogens is 352 g/mol. The summed E-state index contributed by atoms with van der Waals surface area (Å²) in [6.45, 7) is 3.87. The normalized spacial score (nSPS) is 11.4. The molecule has 0 aromatic heterocycles. The molecular formula is C19H24N2O4S. The fraction of sp³-hybridized carbons (Fsp3) is 0.316. The summed E-state index contributed by atoms with van der Waals surface area (Å²) >= 11 is 0. The predicted octanol–water partition coefficient (Wildman–Crippen LogP) is 2.33. The van der Waals surface area contributed by atoms with Crippen LogP contribution in [0.15, 0.2) is 53.4 Å². The monoisotopic (exact) mass is 376 g/mol. The predicted molar refractivity (Wildman–Crippen MR) is 100 cm³/mol. The number of aryl methyl sites for hydroxylation is 1. The Kier molecular flexibility index (Phi) is 6.76. The van der Waals surface area contributed by atoms with Crippen molar-refractivity contribution in [2.75, 3.05) is 20.2 Å². The number of likely N-dealkylation sites (N-methyl/N-ethyl adjacent to an activating group) is 1. The number of ether oxygens (including phenoxy) is 1. The number of amides is 1. The Hall–Kier alpha value is -2.38. The third kappa shape index (κ3) is 4.83. The maximum absolute atomic E-state index is 13.3. The van der Waals surface area contributed by atoms with E-state index in [0.717, 1.165) is 11.1 Å². The molecule has 2 aromatic carbocycles. The lowest BCUT2D eigenvalue weighted by atomic mass is 10.2. The lowest BCUT2D eigenvalue weighted by Crippen LogP contribution is -2.40. The molecule has 1 N–H and O–H groups in total. The van der Waals surface area contributed by atoms with Crippen LogP contribution in [0.2, 0.25) is 0 Å². The van der Waals surface area contributed by atoms with Crippen LogP contribution in [0.4, 0.5) is 0 Å². The first-order chi connectivity index (χ1) is 12.4. The maximum Gasteiger partial charge on any atom is 0.247 e. The molecule has 0 radical (unpaired) electrons. The van der Waals surface area contributed by atoms with E-state index in [0.29, 0.717) is 6.54 Å². The summed E-state index contributed by atoms with van der Waals surface area (Å²) in [6.07, 6.45) is 0. The summed E-state index contributed by atoms with van der Waals surface area (Å²) < 4.78 is 33.0. The molecule has 0 saturated heterocycles. The van der Waals surface area contributed by atoms with Gasteiger partial charge in [-0.15, -0.1) is 0 Å². The first kappa shape index (κ1) is 19.9. The Morgan fingerprint density at radius 3 is 2.46 bits per heavy atom. The number of nitrogens with one attached hydrogen (secondary N) is 1. The van der Waals surface area contributed by atoms with E-state index in [1.54, 1.807) is 25.1 Å². The minimum Gasteiger partial charge on any atom is -0.495 e. The molecule has 0 spiro atoms. The Balaban J connectivity index is 2.45.